The molecule has 0 amide bonds. The van der Waals surface area contributed by atoms with E-state index in [1.54, 1.807) is 10.6 Å². The maximum atomic E-state index is 9.81. The van der Waals surface area contributed by atoms with Crippen molar-refractivity contribution in [2.24, 2.45) is 0 Å². The fourth-order valence-corrected chi connectivity index (χ4v) is 2.09. The number of aliphatic hydroxyl groups is 1. The van der Waals surface area contributed by atoms with E-state index >= 15 is 0 Å². The van der Waals surface area contributed by atoms with E-state index in [1.165, 1.54) is 6.20 Å². The Morgan fingerprint density at radius 2 is 2.29 bits per heavy atom. The summed E-state index contributed by atoms with van der Waals surface area (Å²) in [7, 11) is 0. The summed E-state index contributed by atoms with van der Waals surface area (Å²) in [4.78, 5) is 7.98. The van der Waals surface area contributed by atoms with Crippen molar-refractivity contribution in [3.8, 4) is 6.01 Å². The van der Waals surface area contributed by atoms with Gasteiger partial charge in [0.2, 0.25) is 0 Å². The topological polar surface area (TPSA) is 71.2 Å². The maximum absolute atomic E-state index is 9.81. The molecule has 0 saturated heterocycles. The summed E-state index contributed by atoms with van der Waals surface area (Å²) in [5.41, 5.74) is 1.07. The average Bonchev–Trinajstić information content (AvgIpc) is 2.62. The average molecular weight is 256 g/mol. The number of aliphatic hydroxyl groups excluding tert-OH is 1. The van der Waals surface area contributed by atoms with Crippen LogP contribution in [0.3, 0.4) is 0 Å². The van der Waals surface area contributed by atoms with Crippen LogP contribution in [0.15, 0.2) is 12.3 Å². The number of fused-ring (bicyclic) bond motifs is 1. The van der Waals surface area contributed by atoms with Crippen LogP contribution in [0.1, 0.15) is 25.8 Å². The molecule has 0 radical (unpaired) electrons. The van der Waals surface area contributed by atoms with Gasteiger partial charge in [-0.15, -0.1) is 0 Å². The van der Waals surface area contributed by atoms with E-state index in [0.29, 0.717) is 16.2 Å². The van der Waals surface area contributed by atoms with Gasteiger partial charge >= 0.3 is 0 Å². The Labute approximate surface area is 104 Å². The van der Waals surface area contributed by atoms with E-state index in [9.17, 15) is 10.2 Å². The molecule has 1 atom stereocenters. The number of hydrogen-bond acceptors (Lipinski definition) is 4. The Balaban J connectivity index is 2.57. The van der Waals surface area contributed by atoms with Crippen molar-refractivity contribution in [3.63, 3.8) is 0 Å². The summed E-state index contributed by atoms with van der Waals surface area (Å²) >= 11 is 5.88. The second-order valence-corrected chi connectivity index (χ2v) is 4.34. The van der Waals surface area contributed by atoms with Crippen molar-refractivity contribution < 1.29 is 10.2 Å². The molecule has 2 heterocycles. The van der Waals surface area contributed by atoms with Crippen LogP contribution in [-0.4, -0.2) is 31.4 Å². The van der Waals surface area contributed by atoms with Gasteiger partial charge in [0.05, 0.1) is 23.2 Å². The van der Waals surface area contributed by atoms with Gasteiger partial charge in [-0.2, -0.15) is 4.98 Å². The van der Waals surface area contributed by atoms with Crippen LogP contribution in [0.2, 0.25) is 5.02 Å². The number of halogens is 1. The summed E-state index contributed by atoms with van der Waals surface area (Å²) in [5, 5.41) is 19.7. The van der Waals surface area contributed by atoms with Crippen LogP contribution in [0.4, 0.5) is 0 Å². The second kappa shape index (κ2) is 4.89. The van der Waals surface area contributed by atoms with E-state index in [2.05, 4.69) is 9.97 Å². The van der Waals surface area contributed by atoms with Gasteiger partial charge in [0, 0.05) is 6.20 Å². The molecule has 0 aromatic carbocycles. The van der Waals surface area contributed by atoms with Crippen LogP contribution in [0.5, 0.6) is 6.01 Å². The summed E-state index contributed by atoms with van der Waals surface area (Å²) in [6.07, 6.45) is 3.13. The molecule has 17 heavy (non-hydrogen) atoms. The third kappa shape index (κ3) is 2.21. The lowest BCUT2D eigenvalue weighted by Crippen LogP contribution is -2.12. The highest BCUT2D eigenvalue weighted by Gasteiger charge is 2.18. The monoisotopic (exact) mass is 255 g/mol. The van der Waals surface area contributed by atoms with Crippen molar-refractivity contribution in [1.29, 1.82) is 0 Å². The first-order chi connectivity index (χ1) is 8.17. The lowest BCUT2D eigenvalue weighted by atomic mass is 10.2. The van der Waals surface area contributed by atoms with Crippen LogP contribution in [-0.2, 0) is 0 Å². The second-order valence-electron chi connectivity index (χ2n) is 3.90. The predicted molar refractivity (Wildman–Crippen MR) is 65.2 cm³/mol. The summed E-state index contributed by atoms with van der Waals surface area (Å²) in [6, 6.07) is 1.35. The molecular weight excluding hydrogens is 242 g/mol. The van der Waals surface area contributed by atoms with Crippen LogP contribution in [0, 0.1) is 0 Å². The zero-order chi connectivity index (χ0) is 12.4. The predicted octanol–water partition coefficient (Wildman–Crippen LogP) is 2.12. The molecule has 0 aliphatic heterocycles. The number of aromatic nitrogens is 3. The SMILES string of the molecule is CCC[C@H](CO)n1c(O)nc2ncc(Cl)cc21. The standard InChI is InChI=1S/C11H14ClN3O2/c1-2-3-8(6-16)15-9-4-7(12)5-13-10(9)14-11(15)17/h4-5,8,16H,2-3,6H2,1H3,(H,13,14,17)/t8-/m1/s1. The number of nitrogens with zero attached hydrogens (tertiary/aromatic N) is 3. The minimum absolute atomic E-state index is 0.0562. The van der Waals surface area contributed by atoms with Gasteiger partial charge in [0.15, 0.2) is 5.65 Å². The van der Waals surface area contributed by atoms with Crippen LogP contribution in [0.25, 0.3) is 11.2 Å². The lowest BCUT2D eigenvalue weighted by molar-refractivity contribution is 0.211. The Morgan fingerprint density at radius 1 is 1.53 bits per heavy atom. The minimum atomic E-state index is -0.203. The smallest absolute Gasteiger partial charge is 0.296 e. The van der Waals surface area contributed by atoms with E-state index in [0.717, 1.165) is 12.8 Å². The van der Waals surface area contributed by atoms with Gasteiger partial charge in [-0.3, -0.25) is 4.57 Å². The van der Waals surface area contributed by atoms with Gasteiger partial charge in [0.1, 0.15) is 0 Å². The molecule has 2 aromatic rings. The van der Waals surface area contributed by atoms with Gasteiger partial charge in [-0.25, -0.2) is 4.98 Å². The normalized spacial score (nSPS) is 13.1. The van der Waals surface area contributed by atoms with Crippen molar-refractivity contribution in [2.45, 2.75) is 25.8 Å². The number of rotatable bonds is 4. The number of imidazole rings is 1. The molecule has 0 unspecified atom stereocenters. The Morgan fingerprint density at radius 3 is 2.94 bits per heavy atom. The molecular formula is C11H14ClN3O2. The van der Waals surface area contributed by atoms with Crippen molar-refractivity contribution in [2.75, 3.05) is 6.61 Å². The Hall–Kier alpha value is -1.33. The largest absolute Gasteiger partial charge is 0.480 e. The Bertz CT molecular complexity index is 527. The molecule has 92 valence electrons. The highest BCUT2D eigenvalue weighted by atomic mass is 35.5. The molecule has 2 aromatic heterocycles. The molecule has 6 heteroatoms. The third-order valence-electron chi connectivity index (χ3n) is 2.69. The molecule has 0 aliphatic carbocycles. The molecule has 0 spiro atoms. The highest BCUT2D eigenvalue weighted by Crippen LogP contribution is 2.27. The third-order valence-corrected chi connectivity index (χ3v) is 2.90. The van der Waals surface area contributed by atoms with Gasteiger partial charge in [0.25, 0.3) is 6.01 Å². The van der Waals surface area contributed by atoms with Gasteiger partial charge in [-0.05, 0) is 12.5 Å². The van der Waals surface area contributed by atoms with Crippen LogP contribution >= 0.6 is 11.6 Å². The van der Waals surface area contributed by atoms with E-state index in [1.807, 2.05) is 6.92 Å². The van der Waals surface area contributed by atoms with E-state index in [-0.39, 0.29) is 18.7 Å². The summed E-state index contributed by atoms with van der Waals surface area (Å²) in [6.45, 7) is 1.96. The lowest BCUT2D eigenvalue weighted by Gasteiger charge is -2.16. The fourth-order valence-electron chi connectivity index (χ4n) is 1.94. The molecule has 2 rings (SSSR count). The molecule has 0 fully saturated rings. The summed E-state index contributed by atoms with van der Waals surface area (Å²) in [5.74, 6) is 0. The van der Waals surface area contributed by atoms with Crippen LogP contribution < -0.4 is 0 Å². The molecule has 0 aliphatic rings. The van der Waals surface area contributed by atoms with Crippen molar-refractivity contribution in [3.05, 3.63) is 17.3 Å². The number of pyridine rings is 1. The molecule has 0 bridgehead atoms. The van der Waals surface area contributed by atoms with Gasteiger partial charge < -0.3 is 10.2 Å². The fraction of sp³-hybridized carbons (Fsp3) is 0.455. The first kappa shape index (κ1) is 12.1. The maximum Gasteiger partial charge on any atom is 0.296 e. The quantitative estimate of drug-likeness (QED) is 0.878. The first-order valence-electron chi connectivity index (χ1n) is 5.50. The number of hydrogen-bond donors (Lipinski definition) is 2. The van der Waals surface area contributed by atoms with E-state index in [4.69, 9.17) is 11.6 Å². The minimum Gasteiger partial charge on any atom is -0.480 e. The van der Waals surface area contributed by atoms with E-state index < -0.39 is 0 Å². The molecule has 0 saturated carbocycles. The number of aromatic hydroxyl groups is 1. The molecule has 5 nitrogen and oxygen atoms in total. The highest BCUT2D eigenvalue weighted by molar-refractivity contribution is 6.31. The molecule has 2 N–H and O–H groups in total. The van der Waals surface area contributed by atoms with Crippen molar-refractivity contribution >= 4 is 22.8 Å². The Kier molecular flexibility index (Phi) is 3.49. The zero-order valence-electron chi connectivity index (χ0n) is 9.47. The van der Waals surface area contributed by atoms with Crippen molar-refractivity contribution in [1.82, 2.24) is 14.5 Å². The first-order valence-corrected chi connectivity index (χ1v) is 5.88. The summed E-state index contributed by atoms with van der Waals surface area (Å²) < 4.78 is 1.58. The van der Waals surface area contributed by atoms with Gasteiger partial charge in [-0.1, -0.05) is 24.9 Å². The zero-order valence-corrected chi connectivity index (χ0v) is 10.2.